The molecular formula is C15H24N2O. The van der Waals surface area contributed by atoms with Gasteiger partial charge in [0.25, 0.3) is 0 Å². The molecule has 3 heteroatoms. The topological polar surface area (TPSA) is 38.5 Å². The average Bonchev–Trinajstić information content (AvgIpc) is 2.42. The first-order valence-corrected chi connectivity index (χ1v) is 6.95. The van der Waals surface area contributed by atoms with Gasteiger partial charge < -0.3 is 10.5 Å². The molecule has 0 aliphatic carbocycles. The van der Waals surface area contributed by atoms with Crippen LogP contribution in [0.25, 0.3) is 0 Å². The molecule has 2 N–H and O–H groups in total. The summed E-state index contributed by atoms with van der Waals surface area (Å²) in [6, 6.07) is 10.4. The van der Waals surface area contributed by atoms with Crippen LogP contribution in [0, 0.1) is 5.92 Å². The highest BCUT2D eigenvalue weighted by atomic mass is 16.5. The van der Waals surface area contributed by atoms with Crippen LogP contribution in [0.5, 0.6) is 5.75 Å². The Labute approximate surface area is 110 Å². The van der Waals surface area contributed by atoms with Crippen molar-refractivity contribution in [3.63, 3.8) is 0 Å². The third-order valence-electron chi connectivity index (χ3n) is 3.82. The minimum Gasteiger partial charge on any atom is -0.492 e. The molecule has 0 radical (unpaired) electrons. The van der Waals surface area contributed by atoms with E-state index in [1.165, 1.54) is 6.42 Å². The lowest BCUT2D eigenvalue weighted by Gasteiger charge is -2.36. The SMILES string of the molecule is CCC1CN(CCOc2ccccc2)CCC1N. The second-order valence-electron chi connectivity index (χ2n) is 5.08. The van der Waals surface area contributed by atoms with E-state index in [9.17, 15) is 0 Å². The van der Waals surface area contributed by atoms with E-state index >= 15 is 0 Å². The second-order valence-corrected chi connectivity index (χ2v) is 5.08. The van der Waals surface area contributed by atoms with Crippen molar-refractivity contribution in [1.29, 1.82) is 0 Å². The van der Waals surface area contributed by atoms with Gasteiger partial charge in [0, 0.05) is 19.1 Å². The molecule has 0 spiro atoms. The van der Waals surface area contributed by atoms with Gasteiger partial charge in [-0.25, -0.2) is 0 Å². The van der Waals surface area contributed by atoms with E-state index in [2.05, 4.69) is 11.8 Å². The van der Waals surface area contributed by atoms with Gasteiger partial charge in [-0.1, -0.05) is 31.5 Å². The first kappa shape index (κ1) is 13.4. The van der Waals surface area contributed by atoms with E-state index in [1.807, 2.05) is 30.3 Å². The van der Waals surface area contributed by atoms with Crippen LogP contribution in [0.2, 0.25) is 0 Å². The van der Waals surface area contributed by atoms with E-state index in [0.29, 0.717) is 12.0 Å². The van der Waals surface area contributed by atoms with E-state index in [0.717, 1.165) is 38.4 Å². The van der Waals surface area contributed by atoms with Gasteiger partial charge in [0.15, 0.2) is 0 Å². The maximum absolute atomic E-state index is 6.11. The molecule has 18 heavy (non-hydrogen) atoms. The predicted molar refractivity (Wildman–Crippen MR) is 74.8 cm³/mol. The van der Waals surface area contributed by atoms with Crippen LogP contribution in [0.4, 0.5) is 0 Å². The van der Waals surface area contributed by atoms with Gasteiger partial charge in [0.2, 0.25) is 0 Å². The molecule has 1 aliphatic rings. The number of nitrogens with two attached hydrogens (primary N) is 1. The molecule has 1 aliphatic heterocycles. The number of ether oxygens (including phenoxy) is 1. The molecule has 1 heterocycles. The highest BCUT2D eigenvalue weighted by Gasteiger charge is 2.24. The molecule has 2 rings (SSSR count). The first-order chi connectivity index (χ1) is 8.79. The van der Waals surface area contributed by atoms with Crippen LogP contribution >= 0.6 is 0 Å². The van der Waals surface area contributed by atoms with Crippen molar-refractivity contribution in [2.24, 2.45) is 11.7 Å². The van der Waals surface area contributed by atoms with Crippen LogP contribution in [0.1, 0.15) is 19.8 Å². The van der Waals surface area contributed by atoms with Crippen molar-refractivity contribution in [3.8, 4) is 5.75 Å². The fourth-order valence-corrected chi connectivity index (χ4v) is 2.57. The lowest BCUT2D eigenvalue weighted by molar-refractivity contribution is 0.130. The zero-order chi connectivity index (χ0) is 12.8. The summed E-state index contributed by atoms with van der Waals surface area (Å²) >= 11 is 0. The quantitative estimate of drug-likeness (QED) is 0.867. The lowest BCUT2D eigenvalue weighted by atomic mass is 9.91. The maximum Gasteiger partial charge on any atom is 0.119 e. The van der Waals surface area contributed by atoms with E-state index < -0.39 is 0 Å². The number of hydrogen-bond donors (Lipinski definition) is 1. The van der Waals surface area contributed by atoms with Crippen molar-refractivity contribution in [3.05, 3.63) is 30.3 Å². The molecule has 0 bridgehead atoms. The number of piperidine rings is 1. The molecule has 1 fully saturated rings. The monoisotopic (exact) mass is 248 g/mol. The highest BCUT2D eigenvalue weighted by Crippen LogP contribution is 2.18. The minimum absolute atomic E-state index is 0.390. The lowest BCUT2D eigenvalue weighted by Crippen LogP contribution is -2.47. The van der Waals surface area contributed by atoms with Crippen LogP contribution < -0.4 is 10.5 Å². The molecule has 1 aromatic rings. The summed E-state index contributed by atoms with van der Waals surface area (Å²) in [4.78, 5) is 2.47. The average molecular weight is 248 g/mol. The van der Waals surface area contributed by atoms with Crippen molar-refractivity contribution < 1.29 is 4.74 Å². The normalized spacial score (nSPS) is 25.0. The summed E-state index contributed by atoms with van der Waals surface area (Å²) in [6.07, 6.45) is 2.29. The minimum atomic E-state index is 0.390. The highest BCUT2D eigenvalue weighted by molar-refractivity contribution is 5.20. The fourth-order valence-electron chi connectivity index (χ4n) is 2.57. The molecule has 2 unspecified atom stereocenters. The van der Waals surface area contributed by atoms with Crippen molar-refractivity contribution in [2.75, 3.05) is 26.2 Å². The van der Waals surface area contributed by atoms with Crippen LogP contribution in [0.15, 0.2) is 30.3 Å². The second kappa shape index (κ2) is 6.76. The maximum atomic E-state index is 6.11. The Balaban J connectivity index is 1.71. The summed E-state index contributed by atoms with van der Waals surface area (Å²) in [6.45, 7) is 6.22. The molecule has 3 nitrogen and oxygen atoms in total. The summed E-state index contributed by atoms with van der Waals surface area (Å²) in [5.41, 5.74) is 6.11. The van der Waals surface area contributed by atoms with Gasteiger partial charge in [0.05, 0.1) is 0 Å². The van der Waals surface area contributed by atoms with E-state index in [1.54, 1.807) is 0 Å². The van der Waals surface area contributed by atoms with Gasteiger partial charge in [-0.2, -0.15) is 0 Å². The van der Waals surface area contributed by atoms with Crippen LogP contribution in [0.3, 0.4) is 0 Å². The number of likely N-dealkylation sites (tertiary alicyclic amines) is 1. The molecule has 100 valence electrons. The number of para-hydroxylation sites is 1. The smallest absolute Gasteiger partial charge is 0.119 e. The van der Waals surface area contributed by atoms with Crippen molar-refractivity contribution in [2.45, 2.75) is 25.8 Å². The Bertz CT molecular complexity index is 342. The van der Waals surface area contributed by atoms with Gasteiger partial charge in [-0.15, -0.1) is 0 Å². The third kappa shape index (κ3) is 3.72. The van der Waals surface area contributed by atoms with Crippen LogP contribution in [-0.4, -0.2) is 37.2 Å². The predicted octanol–water partition coefficient (Wildman–Crippen LogP) is 2.12. The Morgan fingerprint density at radius 3 is 2.83 bits per heavy atom. The number of rotatable bonds is 5. The third-order valence-corrected chi connectivity index (χ3v) is 3.82. The zero-order valence-electron chi connectivity index (χ0n) is 11.2. The molecule has 0 amide bonds. The van der Waals surface area contributed by atoms with Gasteiger partial charge in [-0.05, 0) is 31.0 Å². The summed E-state index contributed by atoms with van der Waals surface area (Å²) in [5, 5.41) is 0. The Morgan fingerprint density at radius 2 is 2.11 bits per heavy atom. The number of nitrogens with zero attached hydrogens (tertiary/aromatic N) is 1. The first-order valence-electron chi connectivity index (χ1n) is 6.95. The van der Waals surface area contributed by atoms with Crippen molar-refractivity contribution in [1.82, 2.24) is 4.90 Å². The summed E-state index contributed by atoms with van der Waals surface area (Å²) < 4.78 is 5.73. The molecule has 0 saturated carbocycles. The molecule has 1 saturated heterocycles. The van der Waals surface area contributed by atoms with E-state index in [-0.39, 0.29) is 0 Å². The Kier molecular flexibility index (Phi) is 5.02. The molecule has 0 aromatic heterocycles. The molecule has 1 aromatic carbocycles. The summed E-state index contributed by atoms with van der Waals surface area (Å²) in [5.74, 6) is 1.61. The van der Waals surface area contributed by atoms with E-state index in [4.69, 9.17) is 10.5 Å². The van der Waals surface area contributed by atoms with Crippen LogP contribution in [-0.2, 0) is 0 Å². The largest absolute Gasteiger partial charge is 0.492 e. The fraction of sp³-hybridized carbons (Fsp3) is 0.600. The Morgan fingerprint density at radius 1 is 1.33 bits per heavy atom. The molecule has 2 atom stereocenters. The standard InChI is InChI=1S/C15H24N2O/c1-2-13-12-17(9-8-15(13)16)10-11-18-14-6-4-3-5-7-14/h3-7,13,15H,2,8-12,16H2,1H3. The number of hydrogen-bond acceptors (Lipinski definition) is 3. The van der Waals surface area contributed by atoms with Gasteiger partial charge in [-0.3, -0.25) is 4.90 Å². The van der Waals surface area contributed by atoms with Gasteiger partial charge in [0.1, 0.15) is 12.4 Å². The van der Waals surface area contributed by atoms with Crippen molar-refractivity contribution >= 4 is 0 Å². The Hall–Kier alpha value is -1.06. The summed E-state index contributed by atoms with van der Waals surface area (Å²) in [7, 11) is 0. The zero-order valence-corrected chi connectivity index (χ0v) is 11.2. The number of benzene rings is 1. The van der Waals surface area contributed by atoms with Gasteiger partial charge >= 0.3 is 0 Å². The molecular weight excluding hydrogens is 224 g/mol.